The van der Waals surface area contributed by atoms with Crippen molar-refractivity contribution in [3.05, 3.63) is 71.8 Å². The van der Waals surface area contributed by atoms with Gasteiger partial charge in [-0.15, -0.1) is 0 Å². The maximum Gasteiger partial charge on any atom is 0.508 e. The first-order chi connectivity index (χ1) is 20.0. The molecule has 232 valence electrons. The number of benzene rings is 2. The summed E-state index contributed by atoms with van der Waals surface area (Å²) in [6, 6.07) is 18.7. The van der Waals surface area contributed by atoms with Gasteiger partial charge in [0.25, 0.3) is 0 Å². The molecule has 0 radical (unpaired) electrons. The third-order valence-corrected chi connectivity index (χ3v) is 5.64. The first kappa shape index (κ1) is 35.9. The molecule has 1 saturated heterocycles. The first-order valence-electron chi connectivity index (χ1n) is 13.3. The fourth-order valence-corrected chi connectivity index (χ4v) is 2.98. The van der Waals surface area contributed by atoms with E-state index in [9.17, 15) is 24.3 Å². The smallest absolute Gasteiger partial charge is 0.465 e. The van der Waals surface area contributed by atoms with Crippen molar-refractivity contribution in [2.45, 2.75) is 40.9 Å². The van der Waals surface area contributed by atoms with E-state index in [2.05, 4.69) is 9.47 Å². The van der Waals surface area contributed by atoms with E-state index in [0.29, 0.717) is 6.61 Å². The lowest BCUT2D eigenvalue weighted by Gasteiger charge is -2.29. The van der Waals surface area contributed by atoms with Crippen LogP contribution in [0.3, 0.4) is 0 Å². The molecule has 3 rings (SSSR count). The fraction of sp³-hybridized carbons (Fsp3) is 0.467. The van der Waals surface area contributed by atoms with Crippen molar-refractivity contribution < 1.29 is 57.8 Å². The Kier molecular flexibility index (Phi) is 16.3. The molecule has 0 bridgehead atoms. The summed E-state index contributed by atoms with van der Waals surface area (Å²) in [6.07, 6.45) is -1.63. The summed E-state index contributed by atoms with van der Waals surface area (Å²) in [6.45, 7) is 6.42. The molecule has 42 heavy (non-hydrogen) atoms. The summed E-state index contributed by atoms with van der Waals surface area (Å²) < 4.78 is 28.6. The van der Waals surface area contributed by atoms with E-state index in [4.69, 9.17) is 24.1 Å². The summed E-state index contributed by atoms with van der Waals surface area (Å²) in [5.41, 5.74) is -0.358. The third kappa shape index (κ3) is 13.0. The molecule has 1 unspecified atom stereocenters. The zero-order chi connectivity index (χ0) is 31.4. The van der Waals surface area contributed by atoms with Gasteiger partial charge >= 0.3 is 24.2 Å². The number of hydrogen-bond acceptors (Lipinski definition) is 12. The number of hydrogen-bond donors (Lipinski definition) is 2. The molecule has 1 aliphatic heterocycles. The number of aliphatic hydroxyl groups excluding tert-OH is 2. The van der Waals surface area contributed by atoms with Crippen molar-refractivity contribution >= 4 is 24.2 Å². The lowest BCUT2D eigenvalue weighted by Crippen LogP contribution is -2.44. The largest absolute Gasteiger partial charge is 0.508 e. The van der Waals surface area contributed by atoms with Crippen LogP contribution in [0.2, 0.25) is 0 Å². The van der Waals surface area contributed by atoms with E-state index < -0.39 is 41.7 Å². The van der Waals surface area contributed by atoms with E-state index in [0.717, 1.165) is 11.1 Å². The van der Waals surface area contributed by atoms with Gasteiger partial charge in [0, 0.05) is 0 Å². The summed E-state index contributed by atoms with van der Waals surface area (Å²) in [7, 11) is 0. The standard InChI is InChI=1S/C15H20O6.C8H12O5.C7H8O/c1-3-19-13(17)15(2,10-16)11-21-14(18)20-9-12-7-5-4-6-8-12;1-3-11-6(9)8(2)4-12-7(10)13-5-8;8-6-7-4-2-1-3-5-7/h4-8,16H,3,9-11H2,1-2H3;3-5H2,1-2H3;1-5,8H,6H2. The highest BCUT2D eigenvalue weighted by Crippen LogP contribution is 2.24. The predicted octanol–water partition coefficient (Wildman–Crippen LogP) is 3.80. The molecule has 2 N–H and O–H groups in total. The van der Waals surface area contributed by atoms with Crippen LogP contribution in [0.25, 0.3) is 0 Å². The van der Waals surface area contributed by atoms with Crippen LogP contribution in [0.1, 0.15) is 38.8 Å². The van der Waals surface area contributed by atoms with Gasteiger partial charge in [0.05, 0.1) is 26.4 Å². The normalized spacial score (nSPS) is 14.5. The maximum atomic E-state index is 11.7. The average molecular weight is 593 g/mol. The number of carbonyl (C=O) groups excluding carboxylic acids is 4. The zero-order valence-corrected chi connectivity index (χ0v) is 24.4. The second kappa shape index (κ2) is 19.1. The Morgan fingerprint density at radius 1 is 0.833 bits per heavy atom. The molecule has 0 amide bonds. The maximum absolute atomic E-state index is 11.7. The second-order valence-electron chi connectivity index (χ2n) is 9.50. The van der Waals surface area contributed by atoms with E-state index >= 15 is 0 Å². The van der Waals surface area contributed by atoms with Gasteiger partial charge in [-0.25, -0.2) is 9.59 Å². The molecular formula is C30H40O12. The third-order valence-electron chi connectivity index (χ3n) is 5.64. The minimum atomic E-state index is -1.29. The molecule has 0 aliphatic carbocycles. The zero-order valence-electron chi connectivity index (χ0n) is 24.4. The molecule has 1 aliphatic rings. The summed E-state index contributed by atoms with van der Waals surface area (Å²) in [5, 5.41) is 17.8. The number of cyclic esters (lactones) is 2. The van der Waals surface area contributed by atoms with Crippen LogP contribution >= 0.6 is 0 Å². The van der Waals surface area contributed by atoms with Gasteiger partial charge < -0.3 is 38.6 Å². The predicted molar refractivity (Wildman–Crippen MR) is 149 cm³/mol. The summed E-state index contributed by atoms with van der Waals surface area (Å²) >= 11 is 0. The molecular weight excluding hydrogens is 552 g/mol. The highest BCUT2D eigenvalue weighted by atomic mass is 16.7. The Bertz CT molecular complexity index is 1080. The summed E-state index contributed by atoms with van der Waals surface area (Å²) in [4.78, 5) is 45.0. The fourth-order valence-electron chi connectivity index (χ4n) is 2.98. The van der Waals surface area contributed by atoms with Gasteiger partial charge in [-0.1, -0.05) is 60.7 Å². The molecule has 0 aromatic heterocycles. The van der Waals surface area contributed by atoms with Crippen molar-refractivity contribution in [2.75, 3.05) is 39.6 Å². The molecule has 1 heterocycles. The van der Waals surface area contributed by atoms with E-state index in [1.807, 2.05) is 60.7 Å². The SMILES string of the molecule is CCOC(=O)C(C)(CO)COC(=O)OCc1ccccc1.CCOC(=O)C1(C)COC(=O)OC1.OCc1ccccc1. The van der Waals surface area contributed by atoms with E-state index in [-0.39, 0.29) is 39.6 Å². The van der Waals surface area contributed by atoms with Gasteiger partial charge in [0.15, 0.2) is 0 Å². The Balaban J connectivity index is 0.000000354. The molecule has 2 aromatic rings. The molecule has 1 atom stereocenters. The van der Waals surface area contributed by atoms with Gasteiger partial charge in [-0.05, 0) is 38.8 Å². The molecule has 12 nitrogen and oxygen atoms in total. The van der Waals surface area contributed by atoms with Gasteiger partial charge in [-0.2, -0.15) is 0 Å². The van der Waals surface area contributed by atoms with Crippen molar-refractivity contribution in [2.24, 2.45) is 10.8 Å². The number of rotatable bonds is 10. The number of ether oxygens (including phenoxy) is 6. The number of esters is 2. The van der Waals surface area contributed by atoms with Gasteiger partial charge in [0.2, 0.25) is 0 Å². The molecule has 1 fully saturated rings. The Hall–Kier alpha value is -4.16. The van der Waals surface area contributed by atoms with Crippen molar-refractivity contribution in [3.63, 3.8) is 0 Å². The minimum Gasteiger partial charge on any atom is -0.465 e. The topological polar surface area (TPSA) is 164 Å². The molecule has 12 heteroatoms. The lowest BCUT2D eigenvalue weighted by molar-refractivity contribution is -0.165. The van der Waals surface area contributed by atoms with Gasteiger partial charge in [-0.3, -0.25) is 9.59 Å². The number of aliphatic hydroxyl groups is 2. The van der Waals surface area contributed by atoms with Crippen LogP contribution in [0.15, 0.2) is 60.7 Å². The van der Waals surface area contributed by atoms with Crippen LogP contribution in [0, 0.1) is 10.8 Å². The van der Waals surface area contributed by atoms with Crippen molar-refractivity contribution in [1.82, 2.24) is 0 Å². The van der Waals surface area contributed by atoms with Crippen molar-refractivity contribution in [1.29, 1.82) is 0 Å². The Labute approximate surface area is 245 Å². The van der Waals surface area contributed by atoms with Crippen LogP contribution in [-0.4, -0.2) is 74.1 Å². The highest BCUT2D eigenvalue weighted by molar-refractivity contribution is 5.78. The lowest BCUT2D eigenvalue weighted by atomic mass is 9.93. The molecule has 0 spiro atoms. The van der Waals surface area contributed by atoms with E-state index in [1.165, 1.54) is 6.92 Å². The van der Waals surface area contributed by atoms with Crippen LogP contribution in [0.5, 0.6) is 0 Å². The Morgan fingerprint density at radius 2 is 1.36 bits per heavy atom. The van der Waals surface area contributed by atoms with Crippen LogP contribution < -0.4 is 0 Å². The summed E-state index contributed by atoms with van der Waals surface area (Å²) in [5.74, 6) is -1.02. The van der Waals surface area contributed by atoms with Gasteiger partial charge in [0.1, 0.15) is 37.3 Å². The molecule has 0 saturated carbocycles. The van der Waals surface area contributed by atoms with Crippen molar-refractivity contribution in [3.8, 4) is 0 Å². The molecule has 2 aromatic carbocycles. The number of carbonyl (C=O) groups is 4. The quantitative estimate of drug-likeness (QED) is 0.303. The van der Waals surface area contributed by atoms with E-state index in [1.54, 1.807) is 20.8 Å². The Morgan fingerprint density at radius 3 is 1.81 bits per heavy atom. The van der Waals surface area contributed by atoms with Crippen LogP contribution in [0.4, 0.5) is 9.59 Å². The minimum absolute atomic E-state index is 0.0185. The highest BCUT2D eigenvalue weighted by Gasteiger charge is 2.41. The monoisotopic (exact) mass is 592 g/mol. The van der Waals surface area contributed by atoms with Crippen LogP contribution in [-0.2, 0) is 51.2 Å². The second-order valence-corrected chi connectivity index (χ2v) is 9.50. The average Bonchev–Trinajstić information content (AvgIpc) is 3.02. The first-order valence-corrected chi connectivity index (χ1v) is 13.3.